The van der Waals surface area contributed by atoms with Gasteiger partial charge in [0.15, 0.2) is 0 Å². The molecule has 1 aliphatic heterocycles. The zero-order valence-electron chi connectivity index (χ0n) is 15.7. The van der Waals surface area contributed by atoms with E-state index in [9.17, 15) is 9.90 Å². The molecule has 0 spiro atoms. The fourth-order valence-electron chi connectivity index (χ4n) is 3.23. The van der Waals surface area contributed by atoms with Crippen LogP contribution >= 0.6 is 0 Å². The van der Waals surface area contributed by atoms with Crippen LogP contribution in [0, 0.1) is 0 Å². The Morgan fingerprint density at radius 3 is 2.56 bits per heavy atom. The van der Waals surface area contributed by atoms with Crippen LogP contribution < -0.4 is 10.1 Å². The topological polar surface area (TPSA) is 65.0 Å². The number of nitrogens with one attached hydrogen (secondary N) is 1. The summed E-state index contributed by atoms with van der Waals surface area (Å²) in [6, 6.07) is 7.89. The Morgan fingerprint density at radius 2 is 2.00 bits per heavy atom. The molecule has 0 aromatic heterocycles. The molecule has 1 fully saturated rings. The predicted molar refractivity (Wildman–Crippen MR) is 98.6 cm³/mol. The fourth-order valence-corrected chi connectivity index (χ4v) is 3.23. The number of nitrogens with zero attached hydrogens (tertiary/aromatic N) is 2. The van der Waals surface area contributed by atoms with Gasteiger partial charge in [-0.25, -0.2) is 0 Å². The van der Waals surface area contributed by atoms with Gasteiger partial charge < -0.3 is 15.2 Å². The van der Waals surface area contributed by atoms with E-state index in [1.54, 1.807) is 7.11 Å². The molecular formula is C19H31N3O3. The van der Waals surface area contributed by atoms with Crippen molar-refractivity contribution in [2.45, 2.75) is 45.5 Å². The third-order valence-electron chi connectivity index (χ3n) is 4.85. The van der Waals surface area contributed by atoms with Crippen molar-refractivity contribution < 1.29 is 14.6 Å². The minimum absolute atomic E-state index is 0.0481. The molecule has 0 aliphatic carbocycles. The molecule has 3 atom stereocenters. The normalized spacial score (nSPS) is 21.6. The highest BCUT2D eigenvalue weighted by atomic mass is 16.5. The number of hydrogen-bond donors (Lipinski definition) is 2. The third-order valence-corrected chi connectivity index (χ3v) is 4.85. The van der Waals surface area contributed by atoms with Crippen LogP contribution in [-0.4, -0.2) is 72.3 Å². The maximum atomic E-state index is 12.5. The molecule has 1 amide bonds. The highest BCUT2D eigenvalue weighted by molar-refractivity contribution is 5.81. The highest BCUT2D eigenvalue weighted by Gasteiger charge is 2.29. The molecule has 140 valence electrons. The molecule has 1 aromatic carbocycles. The van der Waals surface area contributed by atoms with Gasteiger partial charge in [-0.05, 0) is 38.5 Å². The minimum Gasteiger partial charge on any atom is -0.497 e. The number of aliphatic hydroxyl groups excluding tert-OH is 1. The lowest BCUT2D eigenvalue weighted by Gasteiger charge is -2.42. The first-order valence-electron chi connectivity index (χ1n) is 8.97. The van der Waals surface area contributed by atoms with E-state index in [0.717, 1.165) is 30.9 Å². The maximum absolute atomic E-state index is 12.5. The summed E-state index contributed by atoms with van der Waals surface area (Å²) >= 11 is 0. The molecule has 1 aliphatic rings. The number of benzene rings is 1. The molecule has 1 heterocycles. The number of carbonyl (C=O) groups is 1. The summed E-state index contributed by atoms with van der Waals surface area (Å²) < 4.78 is 5.14. The van der Waals surface area contributed by atoms with Gasteiger partial charge in [0.2, 0.25) is 5.91 Å². The van der Waals surface area contributed by atoms with E-state index in [-0.39, 0.29) is 18.1 Å². The number of amides is 1. The number of aliphatic hydroxyl groups is 1. The lowest BCUT2D eigenvalue weighted by molar-refractivity contribution is -0.127. The molecule has 0 bridgehead atoms. The zero-order valence-corrected chi connectivity index (χ0v) is 15.7. The van der Waals surface area contributed by atoms with Crippen LogP contribution in [-0.2, 0) is 11.3 Å². The summed E-state index contributed by atoms with van der Waals surface area (Å²) in [6.07, 6.45) is -0.320. The van der Waals surface area contributed by atoms with Gasteiger partial charge in [0, 0.05) is 38.8 Å². The Bertz CT molecular complexity index is 547. The third kappa shape index (κ3) is 5.70. The standard InChI is InChI=1S/C19H31N3O3/c1-14-12-22(10-9-21(14)13-15(2)23)16(3)19(24)20-11-17-5-7-18(25-4)8-6-17/h5-8,14-16,23H,9-13H2,1-4H3,(H,20,24)/t14-,15+,16+/m1/s1. The number of carbonyl (C=O) groups excluding carboxylic acids is 1. The quantitative estimate of drug-likeness (QED) is 0.771. The van der Waals surface area contributed by atoms with Crippen LogP contribution in [0.4, 0.5) is 0 Å². The molecule has 1 saturated heterocycles. The Kier molecular flexibility index (Phi) is 7.23. The largest absolute Gasteiger partial charge is 0.497 e. The van der Waals surface area contributed by atoms with Crippen LogP contribution in [0.5, 0.6) is 5.75 Å². The van der Waals surface area contributed by atoms with E-state index in [2.05, 4.69) is 22.0 Å². The molecule has 2 rings (SSSR count). The summed E-state index contributed by atoms with van der Waals surface area (Å²) in [5.41, 5.74) is 1.05. The molecule has 6 heteroatoms. The van der Waals surface area contributed by atoms with Gasteiger partial charge in [-0.15, -0.1) is 0 Å². The molecule has 25 heavy (non-hydrogen) atoms. The fraction of sp³-hybridized carbons (Fsp3) is 0.632. The first-order chi connectivity index (χ1) is 11.9. The Hall–Kier alpha value is -1.63. The van der Waals surface area contributed by atoms with Crippen molar-refractivity contribution in [2.24, 2.45) is 0 Å². The number of hydrogen-bond acceptors (Lipinski definition) is 5. The second-order valence-electron chi connectivity index (χ2n) is 6.93. The molecule has 1 aromatic rings. The highest BCUT2D eigenvalue weighted by Crippen LogP contribution is 2.14. The van der Waals surface area contributed by atoms with Gasteiger partial charge in [-0.3, -0.25) is 14.6 Å². The first kappa shape index (κ1) is 19.7. The van der Waals surface area contributed by atoms with Gasteiger partial charge in [0.25, 0.3) is 0 Å². The maximum Gasteiger partial charge on any atom is 0.237 e. The van der Waals surface area contributed by atoms with Gasteiger partial charge >= 0.3 is 0 Å². The van der Waals surface area contributed by atoms with Crippen molar-refractivity contribution in [1.82, 2.24) is 15.1 Å². The Balaban J connectivity index is 1.81. The average Bonchev–Trinajstić information content (AvgIpc) is 2.60. The van der Waals surface area contributed by atoms with E-state index >= 15 is 0 Å². The van der Waals surface area contributed by atoms with Gasteiger partial charge in [0.05, 0.1) is 19.3 Å². The number of β-amino-alcohol motifs (C(OH)–C–C–N with tert-alkyl or cyclic N) is 1. The number of methoxy groups -OCH3 is 1. The van der Waals surface area contributed by atoms with Crippen molar-refractivity contribution in [1.29, 1.82) is 0 Å². The summed E-state index contributed by atoms with van der Waals surface area (Å²) in [5, 5.41) is 12.6. The Labute approximate surface area is 150 Å². The van der Waals surface area contributed by atoms with E-state index in [0.29, 0.717) is 19.1 Å². The van der Waals surface area contributed by atoms with Crippen LogP contribution in [0.2, 0.25) is 0 Å². The lowest BCUT2D eigenvalue weighted by Crippen LogP contribution is -2.58. The van der Waals surface area contributed by atoms with E-state index in [4.69, 9.17) is 4.74 Å². The van der Waals surface area contributed by atoms with Crippen LogP contribution in [0.25, 0.3) is 0 Å². The summed E-state index contributed by atoms with van der Waals surface area (Å²) in [4.78, 5) is 17.0. The predicted octanol–water partition coefficient (Wildman–Crippen LogP) is 1.09. The molecule has 2 N–H and O–H groups in total. The van der Waals surface area contributed by atoms with E-state index in [1.165, 1.54) is 0 Å². The SMILES string of the molecule is COc1ccc(CNC(=O)[C@H](C)N2CCN(C[C@H](C)O)[C@H](C)C2)cc1. The average molecular weight is 349 g/mol. The summed E-state index contributed by atoms with van der Waals surface area (Å²) in [6.45, 7) is 9.68. The minimum atomic E-state index is -0.320. The smallest absolute Gasteiger partial charge is 0.237 e. The zero-order chi connectivity index (χ0) is 18.4. The van der Waals surface area contributed by atoms with Crippen molar-refractivity contribution in [3.05, 3.63) is 29.8 Å². The van der Waals surface area contributed by atoms with Crippen molar-refractivity contribution in [3.63, 3.8) is 0 Å². The van der Waals surface area contributed by atoms with Crippen LogP contribution in [0.15, 0.2) is 24.3 Å². The van der Waals surface area contributed by atoms with Gasteiger partial charge in [0.1, 0.15) is 5.75 Å². The van der Waals surface area contributed by atoms with Crippen molar-refractivity contribution >= 4 is 5.91 Å². The summed E-state index contributed by atoms with van der Waals surface area (Å²) in [7, 11) is 1.64. The van der Waals surface area contributed by atoms with E-state index in [1.807, 2.05) is 38.1 Å². The van der Waals surface area contributed by atoms with Gasteiger partial charge in [-0.2, -0.15) is 0 Å². The van der Waals surface area contributed by atoms with Crippen LogP contribution in [0.3, 0.4) is 0 Å². The molecule has 0 unspecified atom stereocenters. The molecular weight excluding hydrogens is 318 g/mol. The van der Waals surface area contributed by atoms with Crippen LogP contribution in [0.1, 0.15) is 26.3 Å². The number of ether oxygens (including phenoxy) is 1. The Morgan fingerprint density at radius 1 is 1.32 bits per heavy atom. The summed E-state index contributed by atoms with van der Waals surface area (Å²) in [5.74, 6) is 0.861. The van der Waals surface area contributed by atoms with E-state index < -0.39 is 0 Å². The second-order valence-corrected chi connectivity index (χ2v) is 6.93. The second kappa shape index (κ2) is 9.17. The lowest BCUT2D eigenvalue weighted by atomic mass is 10.1. The van der Waals surface area contributed by atoms with Crippen molar-refractivity contribution in [2.75, 3.05) is 33.3 Å². The molecule has 0 saturated carbocycles. The van der Waals surface area contributed by atoms with Gasteiger partial charge in [-0.1, -0.05) is 12.1 Å². The monoisotopic (exact) mass is 349 g/mol. The first-order valence-corrected chi connectivity index (χ1v) is 8.97. The molecule has 6 nitrogen and oxygen atoms in total. The molecule has 0 radical (unpaired) electrons. The number of piperazine rings is 1. The number of rotatable bonds is 7. The van der Waals surface area contributed by atoms with Crippen molar-refractivity contribution in [3.8, 4) is 5.75 Å².